The molecule has 0 amide bonds. The molecular formula is C8H14N3O2+. The van der Waals surface area contributed by atoms with Crippen molar-refractivity contribution in [1.29, 1.82) is 0 Å². The quantitative estimate of drug-likeness (QED) is 0.643. The average Bonchev–Trinajstić information content (AvgIpc) is 2.53. The Morgan fingerprint density at radius 2 is 2.31 bits per heavy atom. The van der Waals surface area contributed by atoms with Crippen LogP contribution < -0.4 is 10.6 Å². The third-order valence-electron chi connectivity index (χ3n) is 2.80. The summed E-state index contributed by atoms with van der Waals surface area (Å²) in [5.41, 5.74) is 0. The van der Waals surface area contributed by atoms with Crippen LogP contribution in [0.1, 0.15) is 38.6 Å². The topological polar surface area (TPSA) is 62.8 Å². The van der Waals surface area contributed by atoms with Gasteiger partial charge in [0.15, 0.2) is 0 Å². The van der Waals surface area contributed by atoms with Gasteiger partial charge in [0.1, 0.15) is 0 Å². The zero-order valence-corrected chi connectivity index (χ0v) is 7.69. The van der Waals surface area contributed by atoms with Crippen LogP contribution in [-0.4, -0.2) is 10.4 Å². The van der Waals surface area contributed by atoms with Crippen LogP contribution in [0.4, 0.5) is 0 Å². The summed E-state index contributed by atoms with van der Waals surface area (Å²) >= 11 is 0. The predicted molar refractivity (Wildman–Crippen MR) is 44.0 cm³/mol. The van der Waals surface area contributed by atoms with Crippen molar-refractivity contribution in [3.63, 3.8) is 0 Å². The van der Waals surface area contributed by atoms with E-state index in [1.54, 1.807) is 4.80 Å². The third kappa shape index (κ3) is 1.64. The van der Waals surface area contributed by atoms with Crippen molar-refractivity contribution in [2.24, 2.45) is 5.92 Å². The normalized spacial score (nSPS) is 29.0. The molecule has 0 spiro atoms. The zero-order chi connectivity index (χ0) is 9.26. The number of H-pyrrole nitrogens is 1. The van der Waals surface area contributed by atoms with Crippen LogP contribution in [0.15, 0.2) is 9.32 Å². The van der Waals surface area contributed by atoms with Gasteiger partial charge in [0.05, 0.1) is 0 Å². The molecule has 0 aliphatic heterocycles. The van der Waals surface area contributed by atoms with E-state index in [9.17, 15) is 4.79 Å². The molecular weight excluding hydrogens is 170 g/mol. The van der Waals surface area contributed by atoms with Crippen molar-refractivity contribution in [1.82, 2.24) is 10.4 Å². The fourth-order valence-corrected chi connectivity index (χ4v) is 2.02. The summed E-state index contributed by atoms with van der Waals surface area (Å²) in [6.07, 6.45) is 4.76. The largest absolute Gasteiger partial charge is 0.492 e. The smallest absolute Gasteiger partial charge is 0.240 e. The van der Waals surface area contributed by atoms with Crippen molar-refractivity contribution in [3.05, 3.63) is 10.6 Å². The third-order valence-corrected chi connectivity index (χ3v) is 2.80. The Bertz CT molecular complexity index is 330. The Labute approximate surface area is 75.7 Å². The summed E-state index contributed by atoms with van der Waals surface area (Å²) in [6.45, 7) is 2.18. The molecule has 1 N–H and O–H groups in total. The second-order valence-corrected chi connectivity index (χ2v) is 3.75. The van der Waals surface area contributed by atoms with Crippen molar-refractivity contribution in [2.45, 2.75) is 38.6 Å². The number of hydrogen-bond donors (Lipinski definition) is 1. The molecule has 0 bridgehead atoms. The van der Waals surface area contributed by atoms with E-state index in [0.717, 1.165) is 6.42 Å². The highest BCUT2D eigenvalue weighted by Gasteiger charge is 2.32. The lowest BCUT2D eigenvalue weighted by molar-refractivity contribution is -0.840. The molecule has 5 nitrogen and oxygen atoms in total. The molecule has 0 aromatic carbocycles. The van der Waals surface area contributed by atoms with E-state index in [2.05, 4.69) is 21.8 Å². The fraction of sp³-hybridized carbons (Fsp3) is 0.875. The van der Waals surface area contributed by atoms with Crippen LogP contribution >= 0.6 is 0 Å². The molecule has 1 aromatic rings. The van der Waals surface area contributed by atoms with E-state index in [0.29, 0.717) is 12.0 Å². The lowest BCUT2D eigenvalue weighted by Crippen LogP contribution is -2.49. The van der Waals surface area contributed by atoms with Gasteiger partial charge in [-0.3, -0.25) is 0 Å². The van der Waals surface area contributed by atoms with Crippen LogP contribution in [0.2, 0.25) is 0 Å². The second kappa shape index (κ2) is 3.32. The number of aromatic nitrogens is 3. The maximum Gasteiger partial charge on any atom is 0.492 e. The highest BCUT2D eigenvalue weighted by atomic mass is 16.5. The zero-order valence-electron chi connectivity index (χ0n) is 7.69. The van der Waals surface area contributed by atoms with Gasteiger partial charge in [-0.15, -0.1) is 0 Å². The Balaban J connectivity index is 2.19. The molecule has 1 saturated carbocycles. The lowest BCUT2D eigenvalue weighted by atomic mass is 9.86. The molecule has 1 aromatic heterocycles. The summed E-state index contributed by atoms with van der Waals surface area (Å²) in [7, 11) is 0. The Hall–Kier alpha value is -1.13. The maximum absolute atomic E-state index is 10.7. The minimum atomic E-state index is -0.474. The average molecular weight is 184 g/mol. The molecule has 1 aliphatic rings. The van der Waals surface area contributed by atoms with E-state index in [1.165, 1.54) is 19.3 Å². The van der Waals surface area contributed by atoms with Crippen LogP contribution in [-0.2, 0) is 0 Å². The van der Waals surface area contributed by atoms with E-state index in [4.69, 9.17) is 0 Å². The van der Waals surface area contributed by atoms with E-state index < -0.39 is 5.76 Å². The first-order valence-electron chi connectivity index (χ1n) is 4.75. The van der Waals surface area contributed by atoms with Gasteiger partial charge < -0.3 is 0 Å². The minimum Gasteiger partial charge on any atom is -0.240 e. The number of hydrogen-bond acceptors (Lipinski definition) is 3. The standard InChI is InChI=1S/C8H13N3O2/c1-6-4-2-3-5-7(6)11-9-8(12)13-10-11/h6-7H,2-5H2,1H3/p+1. The second-order valence-electron chi connectivity index (χ2n) is 3.75. The minimum absolute atomic E-state index is 0.306. The van der Waals surface area contributed by atoms with Gasteiger partial charge in [-0.2, -0.15) is 0 Å². The SMILES string of the molecule is CC1CCCCC1[n+]1noc(=O)[nH]1. The van der Waals surface area contributed by atoms with Gasteiger partial charge in [-0.1, -0.05) is 18.4 Å². The van der Waals surface area contributed by atoms with E-state index in [-0.39, 0.29) is 0 Å². The number of rotatable bonds is 1. The molecule has 13 heavy (non-hydrogen) atoms. The molecule has 5 heteroatoms. The lowest BCUT2D eigenvalue weighted by Gasteiger charge is -2.19. The predicted octanol–water partition coefficient (Wildman–Crippen LogP) is 0.402. The van der Waals surface area contributed by atoms with Crippen molar-refractivity contribution in [3.8, 4) is 0 Å². The van der Waals surface area contributed by atoms with Gasteiger partial charge in [0.25, 0.3) is 0 Å². The van der Waals surface area contributed by atoms with Gasteiger partial charge in [-0.05, 0) is 12.8 Å². The molecule has 72 valence electrons. The number of nitrogens with zero attached hydrogens (tertiary/aromatic N) is 2. The van der Waals surface area contributed by atoms with Gasteiger partial charge in [0, 0.05) is 17.1 Å². The first kappa shape index (κ1) is 8.47. The summed E-state index contributed by atoms with van der Waals surface area (Å²) < 4.78 is 4.47. The van der Waals surface area contributed by atoms with Crippen LogP contribution in [0.5, 0.6) is 0 Å². The number of aromatic amines is 1. The van der Waals surface area contributed by atoms with Gasteiger partial charge >= 0.3 is 5.76 Å². The Morgan fingerprint density at radius 1 is 1.54 bits per heavy atom. The van der Waals surface area contributed by atoms with Gasteiger partial charge in [-0.25, -0.2) is 9.32 Å². The van der Waals surface area contributed by atoms with Crippen LogP contribution in [0.3, 0.4) is 0 Å². The molecule has 0 radical (unpaired) electrons. The first-order valence-corrected chi connectivity index (χ1v) is 4.75. The highest BCUT2D eigenvalue weighted by Crippen LogP contribution is 2.28. The van der Waals surface area contributed by atoms with Crippen molar-refractivity contribution in [2.75, 3.05) is 0 Å². The summed E-state index contributed by atoms with van der Waals surface area (Å²) in [5, 5.41) is 6.22. The van der Waals surface area contributed by atoms with Crippen LogP contribution in [0, 0.1) is 5.92 Å². The summed E-state index contributed by atoms with van der Waals surface area (Å²) in [4.78, 5) is 12.3. The maximum atomic E-state index is 10.7. The molecule has 1 aliphatic carbocycles. The number of nitrogens with one attached hydrogen (secondary N) is 1. The first-order chi connectivity index (χ1) is 6.27. The van der Waals surface area contributed by atoms with Crippen molar-refractivity contribution < 1.29 is 9.32 Å². The fourth-order valence-electron chi connectivity index (χ4n) is 2.02. The Morgan fingerprint density at radius 3 is 2.92 bits per heavy atom. The summed E-state index contributed by atoms with van der Waals surface area (Å²) in [6, 6.07) is 0.306. The van der Waals surface area contributed by atoms with E-state index >= 15 is 0 Å². The van der Waals surface area contributed by atoms with Crippen molar-refractivity contribution >= 4 is 0 Å². The molecule has 1 fully saturated rings. The molecule has 1 heterocycles. The molecule has 2 atom stereocenters. The molecule has 2 rings (SSSR count). The van der Waals surface area contributed by atoms with Crippen LogP contribution in [0.25, 0.3) is 0 Å². The van der Waals surface area contributed by atoms with E-state index in [1.807, 2.05) is 0 Å². The summed E-state index contributed by atoms with van der Waals surface area (Å²) in [5.74, 6) is 0.0947. The molecule has 2 unspecified atom stereocenters. The molecule has 0 saturated heterocycles. The monoisotopic (exact) mass is 184 g/mol. The highest BCUT2D eigenvalue weighted by molar-refractivity contribution is 4.66. The van der Waals surface area contributed by atoms with Gasteiger partial charge in [0.2, 0.25) is 11.3 Å². The Kier molecular flexibility index (Phi) is 2.16.